The van der Waals surface area contributed by atoms with Crippen molar-refractivity contribution in [2.24, 2.45) is 0 Å². The Kier molecular flexibility index (Phi) is 6.29. The minimum atomic E-state index is 0.792. The van der Waals surface area contributed by atoms with Crippen LogP contribution in [0.3, 0.4) is 0 Å². The topological polar surface area (TPSA) is 21.3 Å². The molecule has 2 rings (SSSR count). The molecule has 0 amide bonds. The van der Waals surface area contributed by atoms with Crippen LogP contribution in [-0.2, 0) is 6.54 Å². The summed E-state index contributed by atoms with van der Waals surface area (Å²) in [5.74, 6) is 1.00. The largest absolute Gasteiger partial charge is 0.493 e. The molecule has 0 bridgehead atoms. The molecule has 2 heteroatoms. The molecule has 0 unspecified atom stereocenters. The predicted molar refractivity (Wildman–Crippen MR) is 90.9 cm³/mol. The van der Waals surface area contributed by atoms with Crippen molar-refractivity contribution in [1.29, 1.82) is 0 Å². The molecule has 2 aromatic rings. The molecule has 0 aromatic heterocycles. The lowest BCUT2D eigenvalue weighted by Crippen LogP contribution is -2.14. The van der Waals surface area contributed by atoms with E-state index in [0.29, 0.717) is 0 Å². The summed E-state index contributed by atoms with van der Waals surface area (Å²) in [7, 11) is 0. The third-order valence-corrected chi connectivity index (χ3v) is 3.59. The molecule has 0 heterocycles. The van der Waals surface area contributed by atoms with E-state index in [4.69, 9.17) is 4.74 Å². The Morgan fingerprint density at radius 3 is 2.81 bits per heavy atom. The quantitative estimate of drug-likeness (QED) is 0.533. The number of benzene rings is 2. The molecule has 112 valence electrons. The van der Waals surface area contributed by atoms with Crippen LogP contribution in [-0.4, -0.2) is 13.2 Å². The summed E-state index contributed by atoms with van der Waals surface area (Å²) in [6.45, 7) is 8.36. The van der Waals surface area contributed by atoms with Gasteiger partial charge in [0.05, 0.1) is 6.61 Å². The van der Waals surface area contributed by atoms with Crippen molar-refractivity contribution < 1.29 is 4.74 Å². The van der Waals surface area contributed by atoms with Crippen molar-refractivity contribution in [3.63, 3.8) is 0 Å². The van der Waals surface area contributed by atoms with Crippen LogP contribution >= 0.6 is 0 Å². The Hall–Kier alpha value is -1.80. The van der Waals surface area contributed by atoms with Crippen LogP contribution in [0.5, 0.6) is 5.75 Å². The zero-order valence-corrected chi connectivity index (χ0v) is 12.9. The van der Waals surface area contributed by atoms with E-state index < -0.39 is 0 Å². The highest BCUT2D eigenvalue weighted by atomic mass is 16.5. The Bertz CT molecular complexity index is 577. The highest BCUT2D eigenvalue weighted by Crippen LogP contribution is 2.28. The van der Waals surface area contributed by atoms with Gasteiger partial charge >= 0.3 is 0 Å². The van der Waals surface area contributed by atoms with E-state index >= 15 is 0 Å². The van der Waals surface area contributed by atoms with E-state index in [0.717, 1.165) is 31.9 Å². The molecule has 0 spiro atoms. The fraction of sp³-hybridized carbons (Fsp3) is 0.368. The van der Waals surface area contributed by atoms with E-state index in [1.165, 1.54) is 29.2 Å². The van der Waals surface area contributed by atoms with Gasteiger partial charge in [-0.05, 0) is 23.3 Å². The Labute approximate surface area is 127 Å². The van der Waals surface area contributed by atoms with Crippen LogP contribution in [0.15, 0.2) is 49.1 Å². The number of ether oxygens (including phenoxy) is 1. The molecule has 0 saturated heterocycles. The molecule has 0 aliphatic heterocycles. The van der Waals surface area contributed by atoms with E-state index in [2.05, 4.69) is 55.2 Å². The van der Waals surface area contributed by atoms with E-state index in [9.17, 15) is 0 Å². The maximum absolute atomic E-state index is 6.01. The zero-order chi connectivity index (χ0) is 14.9. The molecule has 21 heavy (non-hydrogen) atoms. The molecular formula is C19H25NO. The lowest BCUT2D eigenvalue weighted by molar-refractivity contribution is 0.303. The Morgan fingerprint density at radius 2 is 2.00 bits per heavy atom. The smallest absolute Gasteiger partial charge is 0.124 e. The van der Waals surface area contributed by atoms with Crippen molar-refractivity contribution in [1.82, 2.24) is 5.32 Å². The molecule has 0 aliphatic carbocycles. The molecule has 0 atom stereocenters. The van der Waals surface area contributed by atoms with E-state index in [1.807, 2.05) is 6.08 Å². The monoisotopic (exact) mass is 283 g/mol. The number of fused-ring (bicyclic) bond motifs is 1. The second-order valence-electron chi connectivity index (χ2n) is 5.24. The van der Waals surface area contributed by atoms with Crippen LogP contribution in [0.1, 0.15) is 31.7 Å². The average Bonchev–Trinajstić information content (AvgIpc) is 2.53. The van der Waals surface area contributed by atoms with Crippen molar-refractivity contribution >= 4 is 10.8 Å². The maximum Gasteiger partial charge on any atom is 0.124 e. The molecule has 2 aromatic carbocycles. The summed E-state index contributed by atoms with van der Waals surface area (Å²) in [5, 5.41) is 5.91. The van der Waals surface area contributed by atoms with Gasteiger partial charge in [-0.15, -0.1) is 6.58 Å². The molecule has 2 nitrogen and oxygen atoms in total. The summed E-state index contributed by atoms with van der Waals surface area (Å²) in [5.41, 5.74) is 1.24. The molecular weight excluding hydrogens is 258 g/mol. The van der Waals surface area contributed by atoms with Crippen LogP contribution in [0.2, 0.25) is 0 Å². The number of unbranched alkanes of at least 4 members (excludes halogenated alkanes) is 2. The van der Waals surface area contributed by atoms with Gasteiger partial charge in [-0.1, -0.05) is 56.2 Å². The highest BCUT2D eigenvalue weighted by Gasteiger charge is 2.08. The number of nitrogens with one attached hydrogen (secondary N) is 1. The van der Waals surface area contributed by atoms with Gasteiger partial charge in [-0.3, -0.25) is 0 Å². The standard InChI is InChI=1S/C19H25NO/c1-3-5-8-14-21-19-12-11-16-9-6-7-10-17(16)18(19)15-20-13-4-2/h4,6-7,9-12,20H,2-3,5,8,13-15H2,1H3. The van der Waals surface area contributed by atoms with Gasteiger partial charge in [0, 0.05) is 18.7 Å². The summed E-state index contributed by atoms with van der Waals surface area (Å²) in [6.07, 6.45) is 5.43. The van der Waals surface area contributed by atoms with Crippen molar-refractivity contribution in [2.75, 3.05) is 13.2 Å². The number of hydrogen-bond donors (Lipinski definition) is 1. The van der Waals surface area contributed by atoms with Crippen LogP contribution in [0.25, 0.3) is 10.8 Å². The van der Waals surface area contributed by atoms with Gasteiger partial charge in [-0.25, -0.2) is 0 Å². The molecule has 0 fully saturated rings. The van der Waals surface area contributed by atoms with Crippen molar-refractivity contribution in [3.8, 4) is 5.75 Å². The molecule has 1 N–H and O–H groups in total. The summed E-state index contributed by atoms with van der Waals surface area (Å²) >= 11 is 0. The second-order valence-corrected chi connectivity index (χ2v) is 5.24. The maximum atomic E-state index is 6.01. The Balaban J connectivity index is 2.20. The summed E-state index contributed by atoms with van der Waals surface area (Å²) < 4.78 is 6.01. The second kappa shape index (κ2) is 8.48. The number of hydrogen-bond acceptors (Lipinski definition) is 2. The minimum absolute atomic E-state index is 0.792. The fourth-order valence-corrected chi connectivity index (χ4v) is 2.47. The van der Waals surface area contributed by atoms with E-state index in [1.54, 1.807) is 0 Å². The van der Waals surface area contributed by atoms with Gasteiger partial charge in [0.15, 0.2) is 0 Å². The Morgan fingerprint density at radius 1 is 1.14 bits per heavy atom. The first kappa shape index (κ1) is 15.6. The van der Waals surface area contributed by atoms with Gasteiger partial charge in [0.25, 0.3) is 0 Å². The average molecular weight is 283 g/mol. The summed E-state index contributed by atoms with van der Waals surface area (Å²) in [6, 6.07) is 12.7. The van der Waals surface area contributed by atoms with Crippen molar-refractivity contribution in [3.05, 3.63) is 54.6 Å². The molecule has 0 radical (unpaired) electrons. The van der Waals surface area contributed by atoms with Crippen LogP contribution in [0.4, 0.5) is 0 Å². The lowest BCUT2D eigenvalue weighted by atomic mass is 10.0. The third-order valence-electron chi connectivity index (χ3n) is 3.59. The number of rotatable bonds is 9. The van der Waals surface area contributed by atoms with Crippen LogP contribution < -0.4 is 10.1 Å². The first-order valence-electron chi connectivity index (χ1n) is 7.82. The minimum Gasteiger partial charge on any atom is -0.493 e. The SMILES string of the molecule is C=CCNCc1c(OCCCCC)ccc2ccccc12. The first-order valence-corrected chi connectivity index (χ1v) is 7.82. The van der Waals surface area contributed by atoms with Gasteiger partial charge in [-0.2, -0.15) is 0 Å². The lowest BCUT2D eigenvalue weighted by Gasteiger charge is -2.14. The zero-order valence-electron chi connectivity index (χ0n) is 12.9. The van der Waals surface area contributed by atoms with Gasteiger partial charge in [0.1, 0.15) is 5.75 Å². The van der Waals surface area contributed by atoms with Gasteiger partial charge < -0.3 is 10.1 Å². The van der Waals surface area contributed by atoms with Crippen LogP contribution in [0, 0.1) is 0 Å². The molecule has 0 aliphatic rings. The normalized spacial score (nSPS) is 10.7. The van der Waals surface area contributed by atoms with Crippen molar-refractivity contribution in [2.45, 2.75) is 32.7 Å². The fourth-order valence-electron chi connectivity index (χ4n) is 2.47. The third kappa shape index (κ3) is 4.33. The highest BCUT2D eigenvalue weighted by molar-refractivity contribution is 5.87. The summed E-state index contributed by atoms with van der Waals surface area (Å²) in [4.78, 5) is 0. The predicted octanol–water partition coefficient (Wildman–Crippen LogP) is 4.68. The van der Waals surface area contributed by atoms with E-state index in [-0.39, 0.29) is 0 Å². The van der Waals surface area contributed by atoms with Gasteiger partial charge in [0.2, 0.25) is 0 Å². The molecule has 0 saturated carbocycles. The first-order chi connectivity index (χ1) is 10.4.